The quantitative estimate of drug-likeness (QED) is 0.200. The number of aromatic nitrogens is 2. The van der Waals surface area contributed by atoms with Crippen molar-refractivity contribution in [1.29, 1.82) is 0 Å². The molecule has 3 heterocycles. The molecule has 0 aliphatic carbocycles. The molecule has 0 saturated carbocycles. The number of hydrogen-bond donors (Lipinski definition) is 1. The number of allylic oxidation sites excluding steroid dienone is 1. The summed E-state index contributed by atoms with van der Waals surface area (Å²) in [6.45, 7) is 6.72. The Morgan fingerprint density at radius 1 is 0.943 bits per heavy atom. The van der Waals surface area contributed by atoms with Gasteiger partial charge in [0.2, 0.25) is 5.69 Å². The van der Waals surface area contributed by atoms with Crippen LogP contribution in [0, 0.1) is 6.92 Å². The van der Waals surface area contributed by atoms with E-state index in [0.717, 1.165) is 22.6 Å². The molecule has 6 rings (SSSR count). The van der Waals surface area contributed by atoms with Crippen LogP contribution in [0.3, 0.4) is 0 Å². The van der Waals surface area contributed by atoms with Crippen LogP contribution in [0.1, 0.15) is 30.8 Å². The predicted molar refractivity (Wildman–Crippen MR) is 144 cm³/mol. The Hall–Kier alpha value is -3.19. The van der Waals surface area contributed by atoms with Crippen molar-refractivity contribution in [1.82, 2.24) is 9.55 Å². The van der Waals surface area contributed by atoms with E-state index in [1.54, 1.807) is 0 Å². The molecule has 1 aliphatic rings. The monoisotopic (exact) mass is 572 g/mol. The second-order valence-corrected chi connectivity index (χ2v) is 9.95. The minimum absolute atomic E-state index is 0. The molecule has 0 unspecified atom stereocenters. The first kappa shape index (κ1) is 23.5. The van der Waals surface area contributed by atoms with E-state index in [-0.39, 0.29) is 29.4 Å². The molecule has 176 valence electrons. The van der Waals surface area contributed by atoms with Gasteiger partial charge in [-0.05, 0) is 68.0 Å². The van der Waals surface area contributed by atoms with E-state index in [1.807, 2.05) is 6.07 Å². The summed E-state index contributed by atoms with van der Waals surface area (Å²) in [6.07, 6.45) is 4.39. The molecular weight excluding hydrogens is 543 g/mol. The highest BCUT2D eigenvalue weighted by Gasteiger charge is 2.44. The standard InChI is InChI=1S/C30H29N4.HI/c1-18-29-24(23-16-20(31)11-14-25(23)34(29)5)17-21(32-18)12-15-27-30(2,3)28-22-9-7-6-8-19(22)10-13-26(28)33(27)4;/h6-17H,31H2,1-5H3;1H/q+1;/p-1. The molecular formula is C30H29IN4. The predicted octanol–water partition coefficient (Wildman–Crippen LogP) is 3.49. The van der Waals surface area contributed by atoms with Gasteiger partial charge in [0.05, 0.1) is 22.3 Å². The molecule has 1 aliphatic heterocycles. The summed E-state index contributed by atoms with van der Waals surface area (Å²) in [6, 6.07) is 21.4. The molecule has 2 aromatic heterocycles. The van der Waals surface area contributed by atoms with Crippen LogP contribution in [0.2, 0.25) is 0 Å². The lowest BCUT2D eigenvalue weighted by Crippen LogP contribution is -3.00. The van der Waals surface area contributed by atoms with Gasteiger partial charge in [0.25, 0.3) is 0 Å². The summed E-state index contributed by atoms with van der Waals surface area (Å²) in [5, 5.41) is 4.97. The average molecular weight is 572 g/mol. The van der Waals surface area contributed by atoms with Crippen LogP contribution in [-0.2, 0) is 12.5 Å². The smallest absolute Gasteiger partial charge is 0.210 e. The molecule has 35 heavy (non-hydrogen) atoms. The number of benzene rings is 3. The Balaban J connectivity index is 0.00000253. The molecule has 4 nitrogen and oxygen atoms in total. The van der Waals surface area contributed by atoms with Crippen molar-refractivity contribution in [3.8, 4) is 0 Å². The van der Waals surface area contributed by atoms with Crippen LogP contribution >= 0.6 is 0 Å². The van der Waals surface area contributed by atoms with Crippen LogP contribution in [0.5, 0.6) is 0 Å². The Labute approximate surface area is 222 Å². The second kappa shape index (κ2) is 8.19. The highest BCUT2D eigenvalue weighted by Crippen LogP contribution is 2.43. The normalized spacial score (nSPS) is 14.9. The molecule has 0 amide bonds. The highest BCUT2D eigenvalue weighted by molar-refractivity contribution is 6.11. The van der Waals surface area contributed by atoms with E-state index in [2.05, 4.69) is 111 Å². The van der Waals surface area contributed by atoms with E-state index in [0.29, 0.717) is 0 Å². The number of halogens is 1. The second-order valence-electron chi connectivity index (χ2n) is 9.95. The largest absolute Gasteiger partial charge is 1.00 e. The average Bonchev–Trinajstić information content (AvgIpc) is 3.20. The third-order valence-corrected chi connectivity index (χ3v) is 7.50. The maximum absolute atomic E-state index is 6.12. The number of hydrogen-bond acceptors (Lipinski definition) is 2. The summed E-state index contributed by atoms with van der Waals surface area (Å²) >= 11 is 0. The number of aryl methyl sites for hydroxylation is 2. The highest BCUT2D eigenvalue weighted by atomic mass is 127. The van der Waals surface area contributed by atoms with E-state index in [1.165, 1.54) is 44.0 Å². The number of rotatable bonds is 2. The van der Waals surface area contributed by atoms with Crippen LogP contribution in [0.4, 0.5) is 11.4 Å². The first-order valence-electron chi connectivity index (χ1n) is 11.7. The van der Waals surface area contributed by atoms with Gasteiger partial charge in [0, 0.05) is 46.7 Å². The zero-order valence-electron chi connectivity index (χ0n) is 20.7. The van der Waals surface area contributed by atoms with Crippen LogP contribution in [-0.4, -0.2) is 26.9 Å². The fourth-order valence-electron chi connectivity index (χ4n) is 5.94. The van der Waals surface area contributed by atoms with Gasteiger partial charge in [-0.3, -0.25) is 4.98 Å². The first-order chi connectivity index (χ1) is 16.3. The van der Waals surface area contributed by atoms with Crippen molar-refractivity contribution >= 4 is 55.7 Å². The maximum Gasteiger partial charge on any atom is 0.210 e. The minimum atomic E-state index is -0.117. The Bertz CT molecular complexity index is 1720. The van der Waals surface area contributed by atoms with Gasteiger partial charge in [-0.2, -0.15) is 4.58 Å². The fraction of sp³-hybridized carbons (Fsp3) is 0.200. The number of pyridine rings is 1. The van der Waals surface area contributed by atoms with Gasteiger partial charge >= 0.3 is 0 Å². The number of nitrogens with two attached hydrogens (primary N) is 1. The minimum Gasteiger partial charge on any atom is -1.00 e. The molecule has 0 radical (unpaired) electrons. The van der Waals surface area contributed by atoms with Crippen molar-refractivity contribution in [3.05, 3.63) is 83.7 Å². The third-order valence-electron chi connectivity index (χ3n) is 7.50. The van der Waals surface area contributed by atoms with E-state index in [9.17, 15) is 0 Å². The topological polar surface area (TPSA) is 46.9 Å². The fourth-order valence-corrected chi connectivity index (χ4v) is 5.94. The Morgan fingerprint density at radius 2 is 1.71 bits per heavy atom. The molecule has 0 bridgehead atoms. The molecule has 5 aromatic rings. The molecule has 0 saturated heterocycles. The summed E-state index contributed by atoms with van der Waals surface area (Å²) in [4.78, 5) is 4.94. The molecule has 0 atom stereocenters. The lowest BCUT2D eigenvalue weighted by atomic mass is 9.79. The molecule has 2 N–H and O–H groups in total. The van der Waals surface area contributed by atoms with Crippen molar-refractivity contribution in [2.24, 2.45) is 7.05 Å². The number of nitrogens with zero attached hydrogens (tertiary/aromatic N) is 3. The molecule has 5 heteroatoms. The van der Waals surface area contributed by atoms with Crippen molar-refractivity contribution in [2.45, 2.75) is 26.2 Å². The number of anilines is 1. The molecule has 3 aromatic carbocycles. The van der Waals surface area contributed by atoms with Crippen LogP contribution < -0.4 is 29.7 Å². The molecule has 0 fully saturated rings. The lowest BCUT2D eigenvalue weighted by Gasteiger charge is -2.17. The zero-order chi connectivity index (χ0) is 23.8. The van der Waals surface area contributed by atoms with Crippen molar-refractivity contribution in [3.63, 3.8) is 0 Å². The van der Waals surface area contributed by atoms with Gasteiger partial charge in [-0.1, -0.05) is 24.3 Å². The summed E-state index contributed by atoms with van der Waals surface area (Å²) in [5.74, 6) is 0. The maximum atomic E-state index is 6.12. The summed E-state index contributed by atoms with van der Waals surface area (Å²) < 4.78 is 4.53. The Kier molecular flexibility index (Phi) is 5.51. The van der Waals surface area contributed by atoms with E-state index >= 15 is 0 Å². The number of nitrogen functional groups attached to an aromatic ring is 1. The lowest BCUT2D eigenvalue weighted by molar-refractivity contribution is -0.401. The molecule has 0 spiro atoms. The summed E-state index contributed by atoms with van der Waals surface area (Å²) in [5.41, 5.74) is 15.0. The number of fused-ring (bicyclic) bond motifs is 6. The van der Waals surface area contributed by atoms with Crippen LogP contribution in [0.15, 0.2) is 66.7 Å². The van der Waals surface area contributed by atoms with Gasteiger partial charge in [0.15, 0.2) is 5.71 Å². The first-order valence-corrected chi connectivity index (χ1v) is 11.7. The van der Waals surface area contributed by atoms with Crippen molar-refractivity contribution in [2.75, 3.05) is 12.8 Å². The van der Waals surface area contributed by atoms with E-state index in [4.69, 9.17) is 10.7 Å². The zero-order valence-corrected chi connectivity index (χ0v) is 22.9. The summed E-state index contributed by atoms with van der Waals surface area (Å²) in [7, 11) is 4.26. The third kappa shape index (κ3) is 3.39. The van der Waals surface area contributed by atoms with Gasteiger partial charge in [0.1, 0.15) is 7.05 Å². The van der Waals surface area contributed by atoms with E-state index < -0.39 is 0 Å². The van der Waals surface area contributed by atoms with Gasteiger partial charge < -0.3 is 34.3 Å². The van der Waals surface area contributed by atoms with Crippen LogP contribution in [0.25, 0.3) is 38.7 Å². The SMILES string of the molecule is Cc1nc(C=CC2=[N+](C)c3ccc4ccccc4c3C2(C)C)cc2c3cc(N)ccc3n(C)c12.[I-]. The van der Waals surface area contributed by atoms with Gasteiger partial charge in [-0.15, -0.1) is 0 Å². The van der Waals surface area contributed by atoms with Gasteiger partial charge in [-0.25, -0.2) is 0 Å². The Morgan fingerprint density at radius 3 is 2.51 bits per heavy atom. The van der Waals surface area contributed by atoms with Crippen molar-refractivity contribution < 1.29 is 28.6 Å².